The highest BCUT2D eigenvalue weighted by atomic mass is 14.9. The Hall–Kier alpha value is -2.15. The summed E-state index contributed by atoms with van der Waals surface area (Å²) >= 11 is 0. The molecule has 0 saturated heterocycles. The number of para-hydroxylation sites is 1. The Morgan fingerprint density at radius 1 is 0.789 bits per heavy atom. The number of hydrogen-bond acceptors (Lipinski definition) is 0. The Morgan fingerprint density at radius 3 is 2.42 bits per heavy atom. The smallest absolute Gasteiger partial charge is 0.194 e. The van der Waals surface area contributed by atoms with Gasteiger partial charge in [0.05, 0.1) is 0 Å². The molecule has 94 valence electrons. The molecule has 0 saturated carbocycles. The third-order valence-electron chi connectivity index (χ3n) is 3.96. The van der Waals surface area contributed by atoms with Crippen LogP contribution in [-0.4, -0.2) is 0 Å². The van der Waals surface area contributed by atoms with Crippen LogP contribution in [0.1, 0.15) is 11.1 Å². The summed E-state index contributed by atoms with van der Waals surface area (Å²) in [6.07, 6.45) is 0. The second-order valence-electron chi connectivity index (χ2n) is 5.08. The molecule has 0 radical (unpaired) electrons. The highest BCUT2D eigenvalue weighted by Gasteiger charge is 2.15. The van der Waals surface area contributed by atoms with Crippen molar-refractivity contribution in [2.24, 2.45) is 7.05 Å². The fraction of sp³-hybridized carbons (Fsp3) is 0.167. The predicted molar refractivity (Wildman–Crippen MR) is 80.0 cm³/mol. The molecule has 0 bridgehead atoms. The summed E-state index contributed by atoms with van der Waals surface area (Å²) in [5, 5.41) is 1.28. The van der Waals surface area contributed by atoms with Gasteiger partial charge in [0.25, 0.3) is 0 Å². The monoisotopic (exact) mass is 248 g/mol. The molecule has 3 rings (SSSR count). The lowest BCUT2D eigenvalue weighted by Gasteiger charge is -2.08. The molecule has 0 N–H and O–H groups in total. The van der Waals surface area contributed by atoms with Gasteiger partial charge in [0.1, 0.15) is 7.05 Å². The molecule has 0 aliphatic rings. The van der Waals surface area contributed by atoms with Crippen LogP contribution in [0.25, 0.3) is 22.2 Å². The number of benzene rings is 2. The Bertz CT molecular complexity index is 757. The molecule has 1 nitrogen and oxygen atoms in total. The van der Waals surface area contributed by atoms with Crippen LogP contribution in [-0.2, 0) is 7.05 Å². The van der Waals surface area contributed by atoms with Crippen molar-refractivity contribution in [2.45, 2.75) is 13.8 Å². The van der Waals surface area contributed by atoms with Gasteiger partial charge >= 0.3 is 0 Å². The number of aromatic nitrogens is 1. The fourth-order valence-electron chi connectivity index (χ4n) is 2.64. The van der Waals surface area contributed by atoms with Gasteiger partial charge in [-0.3, -0.25) is 0 Å². The van der Waals surface area contributed by atoms with Gasteiger partial charge in [0.15, 0.2) is 0 Å². The lowest BCUT2D eigenvalue weighted by molar-refractivity contribution is -0.633. The molecule has 2 aromatic carbocycles. The van der Waals surface area contributed by atoms with E-state index in [-0.39, 0.29) is 0 Å². The van der Waals surface area contributed by atoms with Crippen LogP contribution in [0.3, 0.4) is 0 Å². The molecule has 19 heavy (non-hydrogen) atoms. The van der Waals surface area contributed by atoms with Gasteiger partial charge in [-0.1, -0.05) is 24.3 Å². The first-order chi connectivity index (χ1) is 9.18. The van der Waals surface area contributed by atoms with Crippen molar-refractivity contribution in [3.05, 3.63) is 65.7 Å². The van der Waals surface area contributed by atoms with Gasteiger partial charge in [0.2, 0.25) is 11.2 Å². The van der Waals surface area contributed by atoms with Crippen LogP contribution < -0.4 is 4.57 Å². The van der Waals surface area contributed by atoms with E-state index in [0.717, 1.165) is 0 Å². The van der Waals surface area contributed by atoms with Gasteiger partial charge in [-0.2, -0.15) is 4.57 Å². The number of rotatable bonds is 1. The number of aryl methyl sites for hydroxylation is 2. The molecule has 1 heteroatoms. The molecule has 0 aliphatic heterocycles. The first-order valence-electron chi connectivity index (χ1n) is 6.63. The van der Waals surface area contributed by atoms with Crippen LogP contribution in [0.2, 0.25) is 0 Å². The van der Waals surface area contributed by atoms with Crippen molar-refractivity contribution in [3.63, 3.8) is 0 Å². The highest BCUT2D eigenvalue weighted by molar-refractivity contribution is 5.77. The summed E-state index contributed by atoms with van der Waals surface area (Å²) in [6.45, 7) is 4.36. The van der Waals surface area contributed by atoms with Crippen LogP contribution in [0, 0.1) is 13.8 Å². The molecular formula is C18H18N+. The topological polar surface area (TPSA) is 3.88 Å². The Labute approximate surface area is 114 Å². The zero-order chi connectivity index (χ0) is 13.4. The van der Waals surface area contributed by atoms with E-state index in [1.165, 1.54) is 33.3 Å². The van der Waals surface area contributed by atoms with Gasteiger partial charge in [-0.05, 0) is 43.2 Å². The summed E-state index contributed by atoms with van der Waals surface area (Å²) < 4.78 is 2.27. The highest BCUT2D eigenvalue weighted by Crippen LogP contribution is 2.24. The maximum absolute atomic E-state index is 2.27. The van der Waals surface area contributed by atoms with E-state index >= 15 is 0 Å². The first-order valence-corrected chi connectivity index (χ1v) is 6.63. The van der Waals surface area contributed by atoms with E-state index in [9.17, 15) is 0 Å². The molecule has 0 aliphatic carbocycles. The summed E-state index contributed by atoms with van der Waals surface area (Å²) in [4.78, 5) is 0. The molecule has 0 amide bonds. The molecule has 0 atom stereocenters. The van der Waals surface area contributed by atoms with Gasteiger partial charge < -0.3 is 0 Å². The SMILES string of the molecule is Cc1cccc(-c2ccc3ccccc3[n+]2C)c1C. The molecular weight excluding hydrogens is 230 g/mol. The lowest BCUT2D eigenvalue weighted by atomic mass is 9.99. The Balaban J connectivity index is 2.31. The minimum Gasteiger partial charge on any atom is -0.194 e. The van der Waals surface area contributed by atoms with Crippen molar-refractivity contribution in [3.8, 4) is 11.3 Å². The maximum Gasteiger partial charge on any atom is 0.213 e. The van der Waals surface area contributed by atoms with E-state index in [2.05, 4.69) is 80.1 Å². The quantitative estimate of drug-likeness (QED) is 0.574. The maximum atomic E-state index is 2.27. The average molecular weight is 248 g/mol. The van der Waals surface area contributed by atoms with E-state index < -0.39 is 0 Å². The number of hydrogen-bond donors (Lipinski definition) is 0. The molecule has 0 fully saturated rings. The Kier molecular flexibility index (Phi) is 2.83. The standard InChI is InChI=1S/C18H18N/c1-13-7-6-9-16(14(13)2)18-12-11-15-8-4-5-10-17(15)19(18)3/h4-12H,1-3H3/q+1. The number of nitrogens with zero attached hydrogens (tertiary/aromatic N) is 1. The Morgan fingerprint density at radius 2 is 1.58 bits per heavy atom. The number of fused-ring (bicyclic) bond motifs is 1. The van der Waals surface area contributed by atoms with Crippen molar-refractivity contribution < 1.29 is 4.57 Å². The predicted octanol–water partition coefficient (Wildman–Crippen LogP) is 3.95. The normalized spacial score (nSPS) is 10.9. The molecule has 0 unspecified atom stereocenters. The van der Waals surface area contributed by atoms with E-state index in [4.69, 9.17) is 0 Å². The van der Waals surface area contributed by atoms with Crippen molar-refractivity contribution in [1.29, 1.82) is 0 Å². The number of pyridine rings is 1. The molecule has 1 heterocycles. The fourth-order valence-corrected chi connectivity index (χ4v) is 2.64. The largest absolute Gasteiger partial charge is 0.213 e. The average Bonchev–Trinajstić information content (AvgIpc) is 2.43. The van der Waals surface area contributed by atoms with Crippen LogP contribution in [0.15, 0.2) is 54.6 Å². The minimum absolute atomic E-state index is 1.26. The first kappa shape index (κ1) is 11.9. The summed E-state index contributed by atoms with van der Waals surface area (Å²) in [7, 11) is 2.14. The van der Waals surface area contributed by atoms with Crippen LogP contribution in [0.5, 0.6) is 0 Å². The molecule has 0 spiro atoms. The van der Waals surface area contributed by atoms with E-state index in [1.54, 1.807) is 0 Å². The minimum atomic E-state index is 1.26. The molecule has 1 aromatic heterocycles. The van der Waals surface area contributed by atoms with Crippen molar-refractivity contribution >= 4 is 10.9 Å². The second-order valence-corrected chi connectivity index (χ2v) is 5.08. The summed E-state index contributed by atoms with van der Waals surface area (Å²) in [6, 6.07) is 19.4. The summed E-state index contributed by atoms with van der Waals surface area (Å²) in [5.74, 6) is 0. The summed E-state index contributed by atoms with van der Waals surface area (Å²) in [5.41, 5.74) is 6.54. The second kappa shape index (κ2) is 4.51. The third-order valence-corrected chi connectivity index (χ3v) is 3.96. The van der Waals surface area contributed by atoms with E-state index in [0.29, 0.717) is 0 Å². The van der Waals surface area contributed by atoms with Crippen LogP contribution in [0.4, 0.5) is 0 Å². The zero-order valence-electron chi connectivity index (χ0n) is 11.6. The van der Waals surface area contributed by atoms with Gasteiger partial charge in [-0.25, -0.2) is 0 Å². The van der Waals surface area contributed by atoms with Gasteiger partial charge in [0, 0.05) is 23.1 Å². The molecule has 3 aromatic rings. The lowest BCUT2D eigenvalue weighted by Crippen LogP contribution is -2.32. The van der Waals surface area contributed by atoms with Crippen LogP contribution >= 0.6 is 0 Å². The van der Waals surface area contributed by atoms with E-state index in [1.807, 2.05) is 0 Å². The van der Waals surface area contributed by atoms with Crippen molar-refractivity contribution in [1.82, 2.24) is 0 Å². The van der Waals surface area contributed by atoms with Gasteiger partial charge in [-0.15, -0.1) is 0 Å². The van der Waals surface area contributed by atoms with Crippen molar-refractivity contribution in [2.75, 3.05) is 0 Å². The zero-order valence-corrected chi connectivity index (χ0v) is 11.6. The third kappa shape index (κ3) is 1.91.